The van der Waals surface area contributed by atoms with E-state index in [2.05, 4.69) is 217 Å². The Kier molecular flexibility index (Phi) is 10.7. The molecule has 1 heterocycles. The highest BCUT2D eigenvalue weighted by Gasteiger charge is 2.39. The number of nitrogens with zero attached hydrogens (tertiary/aromatic N) is 2. The summed E-state index contributed by atoms with van der Waals surface area (Å²) < 4.78 is 2.52. The van der Waals surface area contributed by atoms with Crippen molar-refractivity contribution < 1.29 is 0 Å². The molecule has 66 heavy (non-hydrogen) atoms. The topological polar surface area (TPSA) is 69.3 Å². The fourth-order valence-corrected chi connectivity index (χ4v) is 11.2. The smallest absolute Gasteiger partial charge is 0.0732 e. The van der Waals surface area contributed by atoms with E-state index < -0.39 is 0 Å². The number of fused-ring (bicyclic) bond motifs is 8. The average Bonchev–Trinajstić information content (AvgIpc) is 3.94. The molecule has 3 unspecified atom stereocenters. The van der Waals surface area contributed by atoms with E-state index in [-0.39, 0.29) is 17.8 Å². The number of allylic oxidation sites excluding steroid dienone is 13. The maximum absolute atomic E-state index is 6.83. The van der Waals surface area contributed by atoms with Crippen molar-refractivity contribution in [1.82, 2.24) is 4.57 Å². The first kappa shape index (κ1) is 40.9. The standard InChI is InChI=1S/C61H47N3.CH5N/c1-63-61(41-32-30-40(31-33-41)47-27-15-26-46(60(47)62)39-16-4-2-5-17-39)52-24-11-9-21-48(52)50-28-14-18-44-36-42-34-35-43(37-55(42)58(44)50)54-38-57-59(51-23-10-8-22-49(51)54)53-25-12-13-29-56(53)64(57)45-19-6-3-7-20-45;1-2/h2-6,8-19,21-35,37-38,48,50,58H,1,7,20,36,62H2;2H2,1H3/b61-52-;. The van der Waals surface area contributed by atoms with Crippen LogP contribution in [0.5, 0.6) is 0 Å². The molecule has 4 heteroatoms. The third kappa shape index (κ3) is 6.85. The first-order valence-electron chi connectivity index (χ1n) is 23.1. The summed E-state index contributed by atoms with van der Waals surface area (Å²) in [5.41, 5.74) is 30.2. The summed E-state index contributed by atoms with van der Waals surface area (Å²) in [5.74, 6) is 0.552. The number of hydrogen-bond donors (Lipinski definition) is 2. The summed E-state index contributed by atoms with van der Waals surface area (Å²) in [7, 11) is 1.50. The van der Waals surface area contributed by atoms with Crippen molar-refractivity contribution in [3.8, 4) is 33.4 Å². The molecule has 0 radical (unpaired) electrons. The number of anilines is 1. The van der Waals surface area contributed by atoms with Crippen LogP contribution >= 0.6 is 0 Å². The quantitative estimate of drug-likeness (QED) is 0.124. The average molecular weight is 853 g/mol. The predicted octanol–water partition coefficient (Wildman–Crippen LogP) is 14.9. The third-order valence-corrected chi connectivity index (χ3v) is 14.1. The van der Waals surface area contributed by atoms with Crippen molar-refractivity contribution in [3.63, 3.8) is 0 Å². The fourth-order valence-electron chi connectivity index (χ4n) is 11.2. The predicted molar refractivity (Wildman–Crippen MR) is 282 cm³/mol. The molecular weight excluding hydrogens is 801 g/mol. The number of para-hydroxylation sites is 2. The van der Waals surface area contributed by atoms with Gasteiger partial charge in [0.25, 0.3) is 0 Å². The Morgan fingerprint density at radius 1 is 0.636 bits per heavy atom. The van der Waals surface area contributed by atoms with Crippen LogP contribution in [0, 0.1) is 11.8 Å². The number of nitrogens with two attached hydrogens (primary N) is 2. The lowest BCUT2D eigenvalue weighted by Crippen LogP contribution is -2.23. The Labute approximate surface area is 387 Å². The van der Waals surface area contributed by atoms with Gasteiger partial charge in [-0.05, 0) is 107 Å². The minimum atomic E-state index is 0.105. The molecule has 0 saturated carbocycles. The second kappa shape index (κ2) is 17.3. The lowest BCUT2D eigenvalue weighted by atomic mass is 9.70. The van der Waals surface area contributed by atoms with Gasteiger partial charge in [0.1, 0.15) is 0 Å². The molecule has 4 aliphatic rings. The van der Waals surface area contributed by atoms with Crippen molar-refractivity contribution in [3.05, 3.63) is 234 Å². The Morgan fingerprint density at radius 3 is 2.14 bits per heavy atom. The molecule has 7 aromatic carbocycles. The van der Waals surface area contributed by atoms with Crippen LogP contribution < -0.4 is 11.5 Å². The lowest BCUT2D eigenvalue weighted by molar-refractivity contribution is 0.478. The van der Waals surface area contributed by atoms with E-state index >= 15 is 0 Å². The molecule has 4 nitrogen and oxygen atoms in total. The normalized spacial score (nSPS) is 19.0. The van der Waals surface area contributed by atoms with Crippen LogP contribution in [-0.4, -0.2) is 18.3 Å². The molecule has 3 atom stereocenters. The van der Waals surface area contributed by atoms with Crippen molar-refractivity contribution in [2.75, 3.05) is 12.8 Å². The van der Waals surface area contributed by atoms with Gasteiger partial charge in [0.15, 0.2) is 0 Å². The zero-order chi connectivity index (χ0) is 44.7. The fraction of sp³-hybridized carbons (Fsp3) is 0.113. The minimum absolute atomic E-state index is 0.105. The minimum Gasteiger partial charge on any atom is -0.398 e. The van der Waals surface area contributed by atoms with E-state index in [9.17, 15) is 0 Å². The number of nitrogen functional groups attached to an aromatic ring is 1. The molecule has 12 rings (SSSR count). The number of rotatable bonds is 7. The summed E-state index contributed by atoms with van der Waals surface area (Å²) in [4.78, 5) is 4.77. The van der Waals surface area contributed by atoms with Gasteiger partial charge in [-0.15, -0.1) is 0 Å². The summed E-state index contributed by atoms with van der Waals surface area (Å²) in [6, 6.07) is 53.0. The SMILES string of the molecule is C=N/C(=C1/C=CC=CC1C1C=CC=C2Cc3ccc(-c4cc5c(c6ccccc46)c4ccccc4n5C4=CC=CCC4)cc3C21)c1ccc(-c2cccc(-c3ccccc3)c2N)cc1.CN. The van der Waals surface area contributed by atoms with Crippen LogP contribution in [-0.2, 0) is 6.42 Å². The Balaban J connectivity index is 0.00000238. The molecule has 0 amide bonds. The first-order valence-corrected chi connectivity index (χ1v) is 23.1. The van der Waals surface area contributed by atoms with E-state index in [1.54, 1.807) is 0 Å². The zero-order valence-corrected chi connectivity index (χ0v) is 37.2. The van der Waals surface area contributed by atoms with Crippen LogP contribution in [0.4, 0.5) is 5.69 Å². The van der Waals surface area contributed by atoms with Gasteiger partial charge in [-0.25, -0.2) is 0 Å². The maximum Gasteiger partial charge on any atom is 0.0732 e. The Hall–Kier alpha value is -7.79. The number of aromatic nitrogens is 1. The Morgan fingerprint density at radius 2 is 1.36 bits per heavy atom. The summed E-state index contributed by atoms with van der Waals surface area (Å²) in [5, 5.41) is 5.21. The highest BCUT2D eigenvalue weighted by atomic mass is 15.0. The number of hydrogen-bond acceptors (Lipinski definition) is 3. The second-order valence-corrected chi connectivity index (χ2v) is 17.6. The van der Waals surface area contributed by atoms with Crippen LogP contribution in [0.15, 0.2) is 222 Å². The van der Waals surface area contributed by atoms with Crippen molar-refractivity contribution in [1.29, 1.82) is 0 Å². The van der Waals surface area contributed by atoms with E-state index in [4.69, 9.17) is 10.7 Å². The van der Waals surface area contributed by atoms with Crippen molar-refractivity contribution >= 4 is 56.4 Å². The highest BCUT2D eigenvalue weighted by Crippen LogP contribution is 2.52. The summed E-state index contributed by atoms with van der Waals surface area (Å²) in [6.07, 6.45) is 25.9. The molecule has 0 saturated heterocycles. The zero-order valence-electron chi connectivity index (χ0n) is 37.2. The van der Waals surface area contributed by atoms with Crippen molar-refractivity contribution in [2.45, 2.75) is 25.2 Å². The van der Waals surface area contributed by atoms with Gasteiger partial charge in [-0.2, -0.15) is 0 Å². The van der Waals surface area contributed by atoms with Crippen LogP contribution in [0.1, 0.15) is 35.4 Å². The third-order valence-electron chi connectivity index (χ3n) is 14.1. The summed E-state index contributed by atoms with van der Waals surface area (Å²) in [6.45, 7) is 4.15. The van der Waals surface area contributed by atoms with Crippen LogP contribution in [0.2, 0.25) is 0 Å². The molecule has 1 aromatic heterocycles. The van der Waals surface area contributed by atoms with Gasteiger partial charge in [-0.1, -0.05) is 194 Å². The number of aliphatic imine (C=N–C) groups is 1. The van der Waals surface area contributed by atoms with E-state index in [1.807, 2.05) is 6.07 Å². The molecule has 0 bridgehead atoms. The van der Waals surface area contributed by atoms with E-state index in [0.29, 0.717) is 0 Å². The van der Waals surface area contributed by atoms with Gasteiger partial charge >= 0.3 is 0 Å². The molecule has 0 aliphatic heterocycles. The molecule has 8 aromatic rings. The molecule has 0 spiro atoms. The molecule has 0 fully saturated rings. The van der Waals surface area contributed by atoms with Gasteiger partial charge < -0.3 is 16.0 Å². The maximum atomic E-state index is 6.83. The first-order chi connectivity index (χ1) is 32.6. The van der Waals surface area contributed by atoms with Crippen molar-refractivity contribution in [2.24, 2.45) is 22.6 Å². The summed E-state index contributed by atoms with van der Waals surface area (Å²) >= 11 is 0. The Bertz CT molecular complexity index is 3440. The molecular formula is C62H52N4. The monoisotopic (exact) mass is 852 g/mol. The largest absolute Gasteiger partial charge is 0.398 e. The lowest BCUT2D eigenvalue weighted by Gasteiger charge is -2.34. The van der Waals surface area contributed by atoms with Gasteiger partial charge in [0.05, 0.1) is 16.7 Å². The van der Waals surface area contributed by atoms with Crippen LogP contribution in [0.3, 0.4) is 0 Å². The number of benzene rings is 7. The van der Waals surface area contributed by atoms with E-state index in [0.717, 1.165) is 58.5 Å². The molecule has 320 valence electrons. The highest BCUT2D eigenvalue weighted by molar-refractivity contribution is 6.24. The van der Waals surface area contributed by atoms with E-state index in [1.165, 1.54) is 78.7 Å². The molecule has 4 aliphatic carbocycles. The van der Waals surface area contributed by atoms with Gasteiger partial charge in [0, 0.05) is 50.7 Å². The van der Waals surface area contributed by atoms with Gasteiger partial charge in [-0.3, -0.25) is 4.99 Å². The second-order valence-electron chi connectivity index (χ2n) is 17.6. The van der Waals surface area contributed by atoms with Crippen LogP contribution in [0.25, 0.3) is 77.4 Å². The van der Waals surface area contributed by atoms with Gasteiger partial charge in [0.2, 0.25) is 0 Å². The molecule has 4 N–H and O–H groups in total.